The average molecular weight is 334 g/mol. The standard InChI is InChI=1S/C24H28N/c1-16(2)23-15-25(6)24(13-19(23)5)22-14-21(17(3)12-18(22)4)20-10-8-7-9-11-20/h7-16H,1-6H3/q+1/i3D3. The predicted molar refractivity (Wildman–Crippen MR) is 107 cm³/mol. The van der Waals surface area contributed by atoms with E-state index in [-0.39, 0.29) is 0 Å². The molecule has 0 fully saturated rings. The van der Waals surface area contributed by atoms with Gasteiger partial charge in [0.05, 0.1) is 0 Å². The van der Waals surface area contributed by atoms with E-state index in [4.69, 9.17) is 4.11 Å². The minimum Gasteiger partial charge on any atom is -0.201 e. The van der Waals surface area contributed by atoms with E-state index in [2.05, 4.69) is 44.6 Å². The number of benzene rings is 2. The van der Waals surface area contributed by atoms with Gasteiger partial charge in [-0.1, -0.05) is 50.2 Å². The van der Waals surface area contributed by atoms with E-state index in [1.165, 1.54) is 11.1 Å². The highest BCUT2D eigenvalue weighted by molar-refractivity contribution is 5.75. The third-order valence-corrected chi connectivity index (χ3v) is 4.87. The summed E-state index contributed by atoms with van der Waals surface area (Å²) in [6.45, 7) is 6.37. The SMILES string of the molecule is [2H]C([2H])([2H])c1cc(C)c(-c2cc(C)c(C(C)C)c[n+]2C)cc1-c1ccccc1. The van der Waals surface area contributed by atoms with Crippen molar-refractivity contribution in [1.82, 2.24) is 0 Å². The van der Waals surface area contributed by atoms with Gasteiger partial charge in [0.2, 0.25) is 5.69 Å². The minimum atomic E-state index is -2.16. The lowest BCUT2D eigenvalue weighted by atomic mass is 9.92. The van der Waals surface area contributed by atoms with E-state index in [9.17, 15) is 0 Å². The van der Waals surface area contributed by atoms with Gasteiger partial charge in [-0.15, -0.1) is 0 Å². The topological polar surface area (TPSA) is 3.88 Å². The molecule has 128 valence electrons. The van der Waals surface area contributed by atoms with Crippen LogP contribution in [0.2, 0.25) is 0 Å². The Balaban J connectivity index is 2.28. The molecule has 0 radical (unpaired) electrons. The molecule has 0 unspecified atom stereocenters. The van der Waals surface area contributed by atoms with Gasteiger partial charge in [-0.2, -0.15) is 0 Å². The van der Waals surface area contributed by atoms with Gasteiger partial charge >= 0.3 is 0 Å². The molecular weight excluding hydrogens is 302 g/mol. The fourth-order valence-corrected chi connectivity index (χ4v) is 3.48. The molecule has 0 saturated carbocycles. The lowest BCUT2D eigenvalue weighted by Crippen LogP contribution is -2.32. The fraction of sp³-hybridized carbons (Fsp3) is 0.292. The van der Waals surface area contributed by atoms with Crippen LogP contribution in [-0.4, -0.2) is 0 Å². The summed E-state index contributed by atoms with van der Waals surface area (Å²) in [5.74, 6) is 0.458. The molecule has 0 N–H and O–H groups in total. The van der Waals surface area contributed by atoms with Crippen molar-refractivity contribution in [2.75, 3.05) is 0 Å². The molecule has 1 aromatic heterocycles. The third kappa shape index (κ3) is 3.37. The Morgan fingerprint density at radius 2 is 1.60 bits per heavy atom. The van der Waals surface area contributed by atoms with Crippen molar-refractivity contribution in [1.29, 1.82) is 0 Å². The summed E-state index contributed by atoms with van der Waals surface area (Å²) >= 11 is 0. The van der Waals surface area contributed by atoms with Crippen LogP contribution in [0.25, 0.3) is 22.4 Å². The predicted octanol–water partition coefficient (Wildman–Crippen LogP) is 5.89. The highest BCUT2D eigenvalue weighted by atomic mass is 14.9. The van der Waals surface area contributed by atoms with Crippen molar-refractivity contribution < 1.29 is 8.68 Å². The van der Waals surface area contributed by atoms with Crippen LogP contribution in [0, 0.1) is 20.7 Å². The summed E-state index contributed by atoms with van der Waals surface area (Å²) in [4.78, 5) is 0. The number of aryl methyl sites for hydroxylation is 4. The van der Waals surface area contributed by atoms with E-state index in [0.717, 1.165) is 27.9 Å². The van der Waals surface area contributed by atoms with E-state index in [0.29, 0.717) is 11.5 Å². The maximum Gasteiger partial charge on any atom is 0.212 e. The third-order valence-electron chi connectivity index (χ3n) is 4.87. The van der Waals surface area contributed by atoms with Crippen molar-refractivity contribution in [3.63, 3.8) is 0 Å². The summed E-state index contributed by atoms with van der Waals surface area (Å²) in [5, 5.41) is 0. The highest BCUT2D eigenvalue weighted by Gasteiger charge is 2.18. The second-order valence-corrected chi connectivity index (χ2v) is 7.14. The van der Waals surface area contributed by atoms with Crippen LogP contribution < -0.4 is 4.57 Å². The molecule has 0 aliphatic heterocycles. The first-order valence-electron chi connectivity index (χ1n) is 10.3. The van der Waals surface area contributed by atoms with Crippen molar-refractivity contribution in [2.45, 2.75) is 40.5 Å². The van der Waals surface area contributed by atoms with Crippen LogP contribution >= 0.6 is 0 Å². The first kappa shape index (κ1) is 13.8. The monoisotopic (exact) mass is 333 g/mol. The number of nitrogens with zero attached hydrogens (tertiary/aromatic N) is 1. The van der Waals surface area contributed by atoms with Crippen LogP contribution in [0.5, 0.6) is 0 Å². The Kier molecular flexibility index (Phi) is 3.78. The molecule has 1 heteroatoms. The first-order chi connectivity index (χ1) is 13.1. The van der Waals surface area contributed by atoms with Gasteiger partial charge in [-0.05, 0) is 60.5 Å². The summed E-state index contributed by atoms with van der Waals surface area (Å²) in [6.07, 6.45) is 2.19. The molecule has 2 aromatic carbocycles. The van der Waals surface area contributed by atoms with E-state index >= 15 is 0 Å². The Morgan fingerprint density at radius 1 is 0.880 bits per heavy atom. The zero-order valence-corrected chi connectivity index (χ0v) is 15.7. The van der Waals surface area contributed by atoms with Crippen LogP contribution in [0.3, 0.4) is 0 Å². The van der Waals surface area contributed by atoms with Gasteiger partial charge in [0.25, 0.3) is 0 Å². The zero-order valence-electron chi connectivity index (χ0n) is 18.7. The van der Waals surface area contributed by atoms with Crippen molar-refractivity contribution in [3.8, 4) is 22.4 Å². The van der Waals surface area contributed by atoms with Crippen LogP contribution in [0.1, 0.15) is 46.1 Å². The van der Waals surface area contributed by atoms with Crippen LogP contribution in [0.15, 0.2) is 54.7 Å². The summed E-state index contributed by atoms with van der Waals surface area (Å²) in [7, 11) is 2.06. The van der Waals surface area contributed by atoms with Gasteiger partial charge < -0.3 is 0 Å². The lowest BCUT2D eigenvalue weighted by molar-refractivity contribution is -0.660. The molecule has 3 aromatic rings. The van der Waals surface area contributed by atoms with Gasteiger partial charge in [0.1, 0.15) is 7.05 Å². The van der Waals surface area contributed by atoms with Crippen molar-refractivity contribution in [2.24, 2.45) is 7.05 Å². The first-order valence-corrected chi connectivity index (χ1v) is 8.80. The second kappa shape index (κ2) is 6.84. The molecule has 0 amide bonds. The zero-order chi connectivity index (χ0) is 20.6. The number of pyridine rings is 1. The summed E-state index contributed by atoms with van der Waals surface area (Å²) < 4.78 is 26.2. The molecule has 1 heterocycles. The summed E-state index contributed by atoms with van der Waals surface area (Å²) in [5.41, 5.74) is 7.80. The number of hydrogen-bond acceptors (Lipinski definition) is 0. The fourth-order valence-electron chi connectivity index (χ4n) is 3.48. The maximum absolute atomic E-state index is 8.01. The van der Waals surface area contributed by atoms with E-state index in [1.807, 2.05) is 49.4 Å². The molecule has 3 rings (SSSR count). The van der Waals surface area contributed by atoms with Gasteiger partial charge in [0.15, 0.2) is 6.20 Å². The van der Waals surface area contributed by atoms with Gasteiger partial charge in [0, 0.05) is 21.3 Å². The Morgan fingerprint density at radius 3 is 2.24 bits per heavy atom. The van der Waals surface area contributed by atoms with E-state index < -0.39 is 6.85 Å². The molecular formula is C24H28N+. The smallest absolute Gasteiger partial charge is 0.201 e. The molecule has 0 aliphatic carbocycles. The molecule has 0 bridgehead atoms. The quantitative estimate of drug-likeness (QED) is 0.526. The molecule has 1 nitrogen and oxygen atoms in total. The molecule has 25 heavy (non-hydrogen) atoms. The Bertz CT molecular complexity index is 1000. The maximum atomic E-state index is 8.01. The molecule has 0 aliphatic rings. The lowest BCUT2D eigenvalue weighted by Gasteiger charge is -2.14. The largest absolute Gasteiger partial charge is 0.212 e. The Hall–Kier alpha value is -2.41. The van der Waals surface area contributed by atoms with Crippen LogP contribution in [0.4, 0.5) is 0 Å². The summed E-state index contributed by atoms with van der Waals surface area (Å²) in [6, 6.07) is 15.8. The van der Waals surface area contributed by atoms with Crippen molar-refractivity contribution >= 4 is 0 Å². The molecule has 0 spiro atoms. The second-order valence-electron chi connectivity index (χ2n) is 7.14. The number of hydrogen-bond donors (Lipinski definition) is 0. The van der Waals surface area contributed by atoms with Crippen LogP contribution in [-0.2, 0) is 7.05 Å². The van der Waals surface area contributed by atoms with Crippen molar-refractivity contribution in [3.05, 3.63) is 77.0 Å². The molecule has 0 saturated heterocycles. The van der Waals surface area contributed by atoms with Gasteiger partial charge in [-0.25, -0.2) is 4.57 Å². The number of aromatic nitrogens is 1. The minimum absolute atomic E-state index is 0.401. The van der Waals surface area contributed by atoms with E-state index in [1.54, 1.807) is 0 Å². The Labute approximate surface area is 156 Å². The average Bonchev–Trinajstić information content (AvgIpc) is 2.63. The molecule has 0 atom stereocenters. The normalized spacial score (nSPS) is 13.4. The number of rotatable bonds is 3. The van der Waals surface area contributed by atoms with Gasteiger partial charge in [-0.3, -0.25) is 0 Å². The highest BCUT2D eigenvalue weighted by Crippen LogP contribution is 2.32.